The molecule has 4 nitrogen and oxygen atoms in total. The molecule has 2 aromatic rings. The van der Waals surface area contributed by atoms with E-state index in [2.05, 4.69) is 27.9 Å². The van der Waals surface area contributed by atoms with Crippen molar-refractivity contribution in [3.63, 3.8) is 0 Å². The van der Waals surface area contributed by atoms with E-state index in [0.717, 1.165) is 9.13 Å². The molecule has 2 aromatic carbocycles. The van der Waals surface area contributed by atoms with Gasteiger partial charge in [0.1, 0.15) is 0 Å². The van der Waals surface area contributed by atoms with Gasteiger partial charge in [-0.2, -0.15) is 0 Å². The van der Waals surface area contributed by atoms with Gasteiger partial charge in [0, 0.05) is 15.3 Å². The lowest BCUT2D eigenvalue weighted by Crippen LogP contribution is -2.13. The standard InChI is InChI=1S/C15H14INO3/c1-9-4-3-5-11(14(9)16)15(19)17-10-6-7-13(20-2)12(18)8-10/h3-8,18H,1-2H3,(H,17,19). The van der Waals surface area contributed by atoms with Crippen molar-refractivity contribution in [2.45, 2.75) is 6.92 Å². The second-order valence-electron chi connectivity index (χ2n) is 4.28. The monoisotopic (exact) mass is 383 g/mol. The Kier molecular flexibility index (Phi) is 4.49. The predicted octanol–water partition coefficient (Wildman–Crippen LogP) is 3.57. The Morgan fingerprint density at radius 2 is 2.05 bits per heavy atom. The summed E-state index contributed by atoms with van der Waals surface area (Å²) in [5.74, 6) is 0.153. The highest BCUT2D eigenvalue weighted by Crippen LogP contribution is 2.29. The quantitative estimate of drug-likeness (QED) is 0.797. The van der Waals surface area contributed by atoms with Crippen LogP contribution < -0.4 is 10.1 Å². The molecule has 0 aromatic heterocycles. The molecule has 104 valence electrons. The van der Waals surface area contributed by atoms with Crippen molar-refractivity contribution < 1.29 is 14.6 Å². The van der Waals surface area contributed by atoms with E-state index in [9.17, 15) is 9.90 Å². The fraction of sp³-hybridized carbons (Fsp3) is 0.133. The number of phenolic OH excluding ortho intramolecular Hbond substituents is 1. The SMILES string of the molecule is COc1ccc(NC(=O)c2cccc(C)c2I)cc1O. The molecule has 0 heterocycles. The maximum Gasteiger partial charge on any atom is 0.256 e. The Morgan fingerprint density at radius 1 is 1.30 bits per heavy atom. The topological polar surface area (TPSA) is 58.6 Å². The fourth-order valence-corrected chi connectivity index (χ4v) is 2.39. The summed E-state index contributed by atoms with van der Waals surface area (Å²) in [5, 5.41) is 12.5. The van der Waals surface area contributed by atoms with Crippen LogP contribution in [0.3, 0.4) is 0 Å². The smallest absolute Gasteiger partial charge is 0.256 e. The minimum Gasteiger partial charge on any atom is -0.504 e. The number of carbonyl (C=O) groups excluding carboxylic acids is 1. The van der Waals surface area contributed by atoms with Gasteiger partial charge < -0.3 is 15.2 Å². The Morgan fingerprint density at radius 3 is 2.70 bits per heavy atom. The highest BCUT2D eigenvalue weighted by Gasteiger charge is 2.12. The van der Waals surface area contributed by atoms with Crippen LogP contribution in [0.5, 0.6) is 11.5 Å². The number of benzene rings is 2. The molecule has 0 saturated heterocycles. The number of aromatic hydroxyl groups is 1. The summed E-state index contributed by atoms with van der Waals surface area (Å²) in [5.41, 5.74) is 2.18. The average molecular weight is 383 g/mol. The summed E-state index contributed by atoms with van der Waals surface area (Å²) in [7, 11) is 1.47. The van der Waals surface area contributed by atoms with Gasteiger partial charge in [-0.05, 0) is 53.3 Å². The first-order chi connectivity index (χ1) is 9.52. The van der Waals surface area contributed by atoms with Crippen LogP contribution in [0.15, 0.2) is 36.4 Å². The third kappa shape index (κ3) is 3.04. The highest BCUT2D eigenvalue weighted by atomic mass is 127. The number of methoxy groups -OCH3 is 1. The molecule has 20 heavy (non-hydrogen) atoms. The molecule has 2 N–H and O–H groups in total. The number of anilines is 1. The van der Waals surface area contributed by atoms with Gasteiger partial charge in [-0.25, -0.2) is 0 Å². The molecule has 0 unspecified atom stereocenters. The first kappa shape index (κ1) is 14.6. The zero-order valence-corrected chi connectivity index (χ0v) is 13.3. The summed E-state index contributed by atoms with van der Waals surface area (Å²) >= 11 is 2.15. The van der Waals surface area contributed by atoms with Crippen molar-refractivity contribution in [2.24, 2.45) is 0 Å². The maximum absolute atomic E-state index is 12.2. The predicted molar refractivity (Wildman–Crippen MR) is 86.5 cm³/mol. The molecule has 0 saturated carbocycles. The lowest BCUT2D eigenvalue weighted by molar-refractivity contribution is 0.102. The number of ether oxygens (including phenoxy) is 1. The van der Waals surface area contributed by atoms with Crippen LogP contribution in [0.1, 0.15) is 15.9 Å². The van der Waals surface area contributed by atoms with Crippen LogP contribution >= 0.6 is 22.6 Å². The van der Waals surface area contributed by atoms with Crippen molar-refractivity contribution in [2.75, 3.05) is 12.4 Å². The van der Waals surface area contributed by atoms with E-state index >= 15 is 0 Å². The number of hydrogen-bond donors (Lipinski definition) is 2. The molecule has 0 aliphatic carbocycles. The summed E-state index contributed by atoms with van der Waals surface area (Å²) < 4.78 is 5.88. The Balaban J connectivity index is 2.24. The highest BCUT2D eigenvalue weighted by molar-refractivity contribution is 14.1. The maximum atomic E-state index is 12.2. The molecule has 0 fully saturated rings. The number of hydrogen-bond acceptors (Lipinski definition) is 3. The average Bonchev–Trinajstić information content (AvgIpc) is 2.42. The Hall–Kier alpha value is -1.76. The zero-order valence-electron chi connectivity index (χ0n) is 11.1. The summed E-state index contributed by atoms with van der Waals surface area (Å²) in [4.78, 5) is 12.2. The number of phenols is 1. The molecule has 0 atom stereocenters. The van der Waals surface area contributed by atoms with Gasteiger partial charge in [0.2, 0.25) is 0 Å². The third-order valence-electron chi connectivity index (χ3n) is 2.87. The van der Waals surface area contributed by atoms with Crippen LogP contribution in [-0.2, 0) is 0 Å². The third-order valence-corrected chi connectivity index (χ3v) is 4.31. The molecular formula is C15H14INO3. The number of aryl methyl sites for hydroxylation is 1. The minimum absolute atomic E-state index is 0.00996. The fourth-order valence-electron chi connectivity index (χ4n) is 1.79. The van der Waals surface area contributed by atoms with Crippen molar-refractivity contribution in [1.82, 2.24) is 0 Å². The summed E-state index contributed by atoms with van der Waals surface area (Å²) in [6.45, 7) is 1.96. The minimum atomic E-state index is -0.206. The molecule has 5 heteroatoms. The van der Waals surface area contributed by atoms with Gasteiger partial charge in [-0.3, -0.25) is 4.79 Å². The van der Waals surface area contributed by atoms with E-state index in [0.29, 0.717) is 17.0 Å². The summed E-state index contributed by atoms with van der Waals surface area (Å²) in [6.07, 6.45) is 0. The van der Waals surface area contributed by atoms with Gasteiger partial charge in [-0.15, -0.1) is 0 Å². The Bertz CT molecular complexity index is 656. The van der Waals surface area contributed by atoms with Gasteiger partial charge >= 0.3 is 0 Å². The number of amides is 1. The number of nitrogens with one attached hydrogen (secondary N) is 1. The zero-order chi connectivity index (χ0) is 14.7. The molecule has 0 aliphatic heterocycles. The molecular weight excluding hydrogens is 369 g/mol. The molecule has 1 amide bonds. The lowest BCUT2D eigenvalue weighted by Gasteiger charge is -2.10. The molecule has 0 bridgehead atoms. The van der Waals surface area contributed by atoms with Crippen LogP contribution in [0.2, 0.25) is 0 Å². The van der Waals surface area contributed by atoms with E-state index < -0.39 is 0 Å². The van der Waals surface area contributed by atoms with Crippen molar-refractivity contribution >= 4 is 34.2 Å². The normalized spacial score (nSPS) is 10.2. The number of rotatable bonds is 3. The van der Waals surface area contributed by atoms with Gasteiger partial charge in [-0.1, -0.05) is 12.1 Å². The molecule has 0 radical (unpaired) electrons. The van der Waals surface area contributed by atoms with Crippen LogP contribution in [0.25, 0.3) is 0 Å². The first-order valence-electron chi connectivity index (χ1n) is 5.96. The van der Waals surface area contributed by atoms with Gasteiger partial charge in [0.05, 0.1) is 12.7 Å². The van der Waals surface area contributed by atoms with Crippen molar-refractivity contribution in [3.8, 4) is 11.5 Å². The largest absolute Gasteiger partial charge is 0.504 e. The van der Waals surface area contributed by atoms with Crippen LogP contribution in [0.4, 0.5) is 5.69 Å². The number of halogens is 1. The van der Waals surface area contributed by atoms with Crippen molar-refractivity contribution in [1.29, 1.82) is 0 Å². The van der Waals surface area contributed by atoms with E-state index in [1.165, 1.54) is 13.2 Å². The van der Waals surface area contributed by atoms with Gasteiger partial charge in [0.15, 0.2) is 11.5 Å². The number of carbonyl (C=O) groups is 1. The molecule has 2 rings (SSSR count). The summed E-state index contributed by atoms with van der Waals surface area (Å²) in [6, 6.07) is 10.3. The van der Waals surface area contributed by atoms with Gasteiger partial charge in [0.25, 0.3) is 5.91 Å². The second-order valence-corrected chi connectivity index (χ2v) is 5.36. The second kappa shape index (κ2) is 6.13. The molecule has 0 aliphatic rings. The first-order valence-corrected chi connectivity index (χ1v) is 7.04. The van der Waals surface area contributed by atoms with E-state index in [-0.39, 0.29) is 11.7 Å². The van der Waals surface area contributed by atoms with Crippen LogP contribution in [-0.4, -0.2) is 18.1 Å². The lowest BCUT2D eigenvalue weighted by atomic mass is 10.1. The van der Waals surface area contributed by atoms with Crippen LogP contribution in [0, 0.1) is 10.5 Å². The van der Waals surface area contributed by atoms with E-state index in [1.54, 1.807) is 18.2 Å². The Labute approximate surface area is 130 Å². The molecule has 0 spiro atoms. The van der Waals surface area contributed by atoms with Crippen molar-refractivity contribution in [3.05, 3.63) is 51.1 Å². The van der Waals surface area contributed by atoms with E-state index in [4.69, 9.17) is 4.74 Å². The van der Waals surface area contributed by atoms with E-state index in [1.807, 2.05) is 19.1 Å².